The number of methoxy groups -OCH3 is 1. The van der Waals surface area contributed by atoms with Gasteiger partial charge in [-0.05, 0) is 49.1 Å². The zero-order valence-electron chi connectivity index (χ0n) is 15.7. The van der Waals surface area contributed by atoms with Crippen molar-refractivity contribution >= 4 is 17.6 Å². The molecule has 0 radical (unpaired) electrons. The normalized spacial score (nSPS) is 13.6. The molecule has 3 rings (SSSR count). The molecule has 1 heterocycles. The van der Waals surface area contributed by atoms with Crippen LogP contribution >= 0.6 is 0 Å². The Hall–Kier alpha value is -3.02. The number of fused-ring (bicyclic) bond motifs is 1. The molecule has 2 N–H and O–H groups in total. The molecule has 142 valence electrons. The third-order valence-corrected chi connectivity index (χ3v) is 4.73. The SMILES string of the molecule is COc1ccc(CCNC(=O)NC(C)C(=O)N2CCc3ccccc32)cc1. The minimum Gasteiger partial charge on any atom is -0.497 e. The van der Waals surface area contributed by atoms with Gasteiger partial charge >= 0.3 is 6.03 Å². The number of carbonyl (C=O) groups is 2. The van der Waals surface area contributed by atoms with E-state index in [1.165, 1.54) is 5.56 Å². The summed E-state index contributed by atoms with van der Waals surface area (Å²) < 4.78 is 5.13. The largest absolute Gasteiger partial charge is 0.497 e. The number of nitrogens with one attached hydrogen (secondary N) is 2. The van der Waals surface area contributed by atoms with Gasteiger partial charge in [0, 0.05) is 18.8 Å². The van der Waals surface area contributed by atoms with Crippen LogP contribution in [-0.2, 0) is 17.6 Å². The average Bonchev–Trinajstić information content (AvgIpc) is 3.12. The molecule has 1 aliphatic rings. The van der Waals surface area contributed by atoms with Crippen LogP contribution in [0.2, 0.25) is 0 Å². The fourth-order valence-electron chi connectivity index (χ4n) is 3.22. The van der Waals surface area contributed by atoms with E-state index in [1.54, 1.807) is 18.9 Å². The molecule has 1 unspecified atom stereocenters. The van der Waals surface area contributed by atoms with Crippen molar-refractivity contribution in [1.82, 2.24) is 10.6 Å². The zero-order chi connectivity index (χ0) is 19.2. The predicted molar refractivity (Wildman–Crippen MR) is 105 cm³/mol. The van der Waals surface area contributed by atoms with Gasteiger partial charge in [0.05, 0.1) is 7.11 Å². The van der Waals surface area contributed by atoms with Gasteiger partial charge in [-0.1, -0.05) is 30.3 Å². The standard InChI is InChI=1S/C21H25N3O3/c1-15(20(25)24-14-12-17-5-3-4-6-19(17)24)23-21(26)22-13-11-16-7-9-18(27-2)10-8-16/h3-10,15H,11-14H2,1-2H3,(H2,22,23,26). The molecule has 1 aliphatic heterocycles. The minimum absolute atomic E-state index is 0.0924. The maximum Gasteiger partial charge on any atom is 0.315 e. The van der Waals surface area contributed by atoms with E-state index in [0.29, 0.717) is 19.5 Å². The maximum atomic E-state index is 12.7. The Morgan fingerprint density at radius 1 is 1.15 bits per heavy atom. The molecule has 6 heteroatoms. The number of para-hydroxylation sites is 1. The summed E-state index contributed by atoms with van der Waals surface area (Å²) in [6.45, 7) is 2.86. The highest BCUT2D eigenvalue weighted by Crippen LogP contribution is 2.27. The van der Waals surface area contributed by atoms with Crippen LogP contribution in [0, 0.1) is 0 Å². The Bertz CT molecular complexity index is 805. The van der Waals surface area contributed by atoms with Crippen LogP contribution in [0.4, 0.5) is 10.5 Å². The molecule has 0 aromatic heterocycles. The van der Waals surface area contributed by atoms with Gasteiger partial charge in [-0.2, -0.15) is 0 Å². The monoisotopic (exact) mass is 367 g/mol. The number of carbonyl (C=O) groups excluding carboxylic acids is 2. The third-order valence-electron chi connectivity index (χ3n) is 4.73. The number of rotatable bonds is 6. The second-order valence-electron chi connectivity index (χ2n) is 6.59. The first kappa shape index (κ1) is 18.8. The molecule has 0 saturated heterocycles. The maximum absolute atomic E-state index is 12.7. The van der Waals surface area contributed by atoms with E-state index in [9.17, 15) is 9.59 Å². The fourth-order valence-corrected chi connectivity index (χ4v) is 3.22. The summed E-state index contributed by atoms with van der Waals surface area (Å²) in [6.07, 6.45) is 1.56. The first-order valence-corrected chi connectivity index (χ1v) is 9.15. The average molecular weight is 367 g/mol. The zero-order valence-corrected chi connectivity index (χ0v) is 15.7. The molecule has 2 aromatic rings. The van der Waals surface area contributed by atoms with Gasteiger partial charge in [-0.3, -0.25) is 4.79 Å². The molecule has 0 aliphatic carbocycles. The predicted octanol–water partition coefficient (Wildman–Crippen LogP) is 2.51. The summed E-state index contributed by atoms with van der Waals surface area (Å²) in [6, 6.07) is 14.7. The molecule has 1 atom stereocenters. The molecule has 27 heavy (non-hydrogen) atoms. The Kier molecular flexibility index (Phi) is 5.96. The van der Waals surface area contributed by atoms with Crippen LogP contribution in [0.3, 0.4) is 0 Å². The number of anilines is 1. The van der Waals surface area contributed by atoms with Crippen molar-refractivity contribution < 1.29 is 14.3 Å². The summed E-state index contributed by atoms with van der Waals surface area (Å²) in [5.74, 6) is 0.713. The van der Waals surface area contributed by atoms with E-state index in [-0.39, 0.29) is 11.9 Å². The molecule has 0 fully saturated rings. The highest BCUT2D eigenvalue weighted by molar-refractivity contribution is 6.00. The van der Waals surface area contributed by atoms with Crippen LogP contribution in [0.15, 0.2) is 48.5 Å². The molecular formula is C21H25N3O3. The number of hydrogen-bond donors (Lipinski definition) is 2. The van der Waals surface area contributed by atoms with Gasteiger partial charge in [0.2, 0.25) is 5.91 Å². The van der Waals surface area contributed by atoms with Crippen LogP contribution in [0.25, 0.3) is 0 Å². The fraction of sp³-hybridized carbons (Fsp3) is 0.333. The Labute approximate surface area is 159 Å². The van der Waals surface area contributed by atoms with E-state index < -0.39 is 6.04 Å². The van der Waals surface area contributed by atoms with Crippen molar-refractivity contribution in [3.8, 4) is 5.75 Å². The summed E-state index contributed by atoms with van der Waals surface area (Å²) in [5.41, 5.74) is 3.21. The van der Waals surface area contributed by atoms with Crippen molar-refractivity contribution in [1.29, 1.82) is 0 Å². The molecule has 6 nitrogen and oxygen atoms in total. The lowest BCUT2D eigenvalue weighted by Gasteiger charge is -2.22. The van der Waals surface area contributed by atoms with Crippen molar-refractivity contribution in [3.05, 3.63) is 59.7 Å². The van der Waals surface area contributed by atoms with E-state index in [1.807, 2.05) is 48.5 Å². The lowest BCUT2D eigenvalue weighted by atomic mass is 10.1. The number of nitrogens with zero attached hydrogens (tertiary/aromatic N) is 1. The van der Waals surface area contributed by atoms with Gasteiger partial charge < -0.3 is 20.3 Å². The van der Waals surface area contributed by atoms with Crippen molar-refractivity contribution in [2.24, 2.45) is 0 Å². The summed E-state index contributed by atoms with van der Waals surface area (Å²) in [4.78, 5) is 26.5. The van der Waals surface area contributed by atoms with Gasteiger partial charge in [-0.25, -0.2) is 4.79 Å². The topological polar surface area (TPSA) is 70.7 Å². The first-order chi connectivity index (χ1) is 13.1. The van der Waals surface area contributed by atoms with Gasteiger partial charge in [0.25, 0.3) is 0 Å². The van der Waals surface area contributed by atoms with Crippen LogP contribution in [-0.4, -0.2) is 38.2 Å². The van der Waals surface area contributed by atoms with Gasteiger partial charge in [0.15, 0.2) is 0 Å². The lowest BCUT2D eigenvalue weighted by molar-refractivity contribution is -0.119. The van der Waals surface area contributed by atoms with Gasteiger partial charge in [-0.15, -0.1) is 0 Å². The Balaban J connectivity index is 1.45. The first-order valence-electron chi connectivity index (χ1n) is 9.15. The second kappa shape index (κ2) is 8.58. The molecule has 0 bridgehead atoms. The summed E-state index contributed by atoms with van der Waals surface area (Å²) >= 11 is 0. The van der Waals surface area contributed by atoms with E-state index in [2.05, 4.69) is 10.6 Å². The highest BCUT2D eigenvalue weighted by Gasteiger charge is 2.28. The summed E-state index contributed by atoms with van der Waals surface area (Å²) in [5, 5.41) is 5.53. The van der Waals surface area contributed by atoms with E-state index in [0.717, 1.165) is 23.4 Å². The molecular weight excluding hydrogens is 342 g/mol. The highest BCUT2D eigenvalue weighted by atomic mass is 16.5. The minimum atomic E-state index is -0.586. The second-order valence-corrected chi connectivity index (χ2v) is 6.59. The van der Waals surface area contributed by atoms with Crippen LogP contribution in [0.5, 0.6) is 5.75 Å². The van der Waals surface area contributed by atoms with E-state index >= 15 is 0 Å². The third kappa shape index (κ3) is 4.58. The lowest BCUT2D eigenvalue weighted by Crippen LogP contribution is -2.49. The van der Waals surface area contributed by atoms with Gasteiger partial charge in [0.1, 0.15) is 11.8 Å². The quantitative estimate of drug-likeness (QED) is 0.824. The van der Waals surface area contributed by atoms with Crippen LogP contribution in [0.1, 0.15) is 18.1 Å². The van der Waals surface area contributed by atoms with Crippen molar-refractivity contribution in [2.75, 3.05) is 25.1 Å². The summed E-state index contributed by atoms with van der Waals surface area (Å²) in [7, 11) is 1.63. The Morgan fingerprint density at radius 3 is 2.63 bits per heavy atom. The van der Waals surface area contributed by atoms with Crippen molar-refractivity contribution in [2.45, 2.75) is 25.8 Å². The smallest absolute Gasteiger partial charge is 0.315 e. The number of hydrogen-bond acceptors (Lipinski definition) is 3. The number of ether oxygens (including phenoxy) is 1. The Morgan fingerprint density at radius 2 is 1.89 bits per heavy atom. The molecule has 2 aromatic carbocycles. The van der Waals surface area contributed by atoms with E-state index in [4.69, 9.17) is 4.74 Å². The molecule has 3 amide bonds. The number of benzene rings is 2. The number of urea groups is 1. The molecule has 0 spiro atoms. The number of amides is 3. The molecule has 0 saturated carbocycles. The van der Waals surface area contributed by atoms with Crippen molar-refractivity contribution in [3.63, 3.8) is 0 Å². The van der Waals surface area contributed by atoms with Crippen LogP contribution < -0.4 is 20.3 Å².